The van der Waals surface area contributed by atoms with Crippen LogP contribution in [-0.2, 0) is 15.7 Å². The molecule has 0 N–H and O–H groups in total. The van der Waals surface area contributed by atoms with Crippen LogP contribution in [0.4, 0.5) is 0 Å². The van der Waals surface area contributed by atoms with Crippen LogP contribution in [0.15, 0.2) is 4.40 Å². The van der Waals surface area contributed by atoms with Gasteiger partial charge in [0.1, 0.15) is 11.0 Å². The highest BCUT2D eigenvalue weighted by Gasteiger charge is 2.21. The molecule has 0 bridgehead atoms. The maximum Gasteiger partial charge on any atom is 0.200 e. The number of nitrogens with zero attached hydrogens (tertiary/aromatic N) is 1. The first kappa shape index (κ1) is 15.9. The van der Waals surface area contributed by atoms with E-state index in [1.807, 2.05) is 27.7 Å². The van der Waals surface area contributed by atoms with Crippen molar-refractivity contribution in [3.8, 4) is 0 Å². The van der Waals surface area contributed by atoms with E-state index in [1.54, 1.807) is 7.11 Å². The van der Waals surface area contributed by atoms with E-state index in [0.717, 1.165) is 12.8 Å². The SMILES string of the molecule is CO/C(=N\[S@](=O)C(C)(C)C)[C@H](C)CCCCl. The van der Waals surface area contributed by atoms with Crippen LogP contribution in [0.25, 0.3) is 0 Å². The zero-order valence-corrected chi connectivity index (χ0v) is 12.3. The molecule has 0 spiro atoms. The lowest BCUT2D eigenvalue weighted by molar-refractivity contribution is 0.366. The number of hydrogen-bond acceptors (Lipinski definition) is 2. The van der Waals surface area contributed by atoms with Gasteiger partial charge in [0.15, 0.2) is 5.90 Å². The Bertz CT molecular complexity index is 261. The van der Waals surface area contributed by atoms with Gasteiger partial charge in [0.2, 0.25) is 0 Å². The molecule has 0 aromatic rings. The lowest BCUT2D eigenvalue weighted by Crippen LogP contribution is -2.23. The molecule has 0 heterocycles. The molecule has 0 radical (unpaired) electrons. The maximum atomic E-state index is 11.8. The van der Waals surface area contributed by atoms with Crippen LogP contribution in [0, 0.1) is 5.92 Å². The van der Waals surface area contributed by atoms with E-state index in [-0.39, 0.29) is 10.7 Å². The molecular formula is C11H22ClNO2S. The molecule has 0 aliphatic heterocycles. The molecule has 0 aromatic carbocycles. The van der Waals surface area contributed by atoms with Gasteiger partial charge in [-0.1, -0.05) is 6.92 Å². The molecule has 0 aromatic heterocycles. The molecule has 0 aliphatic rings. The van der Waals surface area contributed by atoms with E-state index in [0.29, 0.717) is 11.8 Å². The van der Waals surface area contributed by atoms with Crippen LogP contribution >= 0.6 is 11.6 Å². The molecule has 0 saturated heterocycles. The topological polar surface area (TPSA) is 38.7 Å². The van der Waals surface area contributed by atoms with Crippen LogP contribution < -0.4 is 0 Å². The predicted octanol–water partition coefficient (Wildman–Crippen LogP) is 3.15. The lowest BCUT2D eigenvalue weighted by atomic mass is 10.1. The van der Waals surface area contributed by atoms with Gasteiger partial charge in [-0.05, 0) is 33.6 Å². The van der Waals surface area contributed by atoms with E-state index >= 15 is 0 Å². The Kier molecular flexibility index (Phi) is 7.24. The largest absolute Gasteiger partial charge is 0.483 e. The van der Waals surface area contributed by atoms with Gasteiger partial charge in [-0.25, -0.2) is 4.21 Å². The second-order valence-corrected chi connectivity index (χ2v) is 7.01. The fourth-order valence-corrected chi connectivity index (χ4v) is 1.90. The van der Waals surface area contributed by atoms with Crippen molar-refractivity contribution in [1.82, 2.24) is 0 Å². The molecule has 3 nitrogen and oxygen atoms in total. The monoisotopic (exact) mass is 267 g/mol. The highest BCUT2D eigenvalue weighted by atomic mass is 35.5. The third kappa shape index (κ3) is 5.85. The minimum Gasteiger partial charge on any atom is -0.483 e. The van der Waals surface area contributed by atoms with Gasteiger partial charge in [0.05, 0.1) is 11.9 Å². The molecular weight excluding hydrogens is 246 g/mol. The van der Waals surface area contributed by atoms with Crippen LogP contribution in [0.2, 0.25) is 0 Å². The van der Waals surface area contributed by atoms with Crippen LogP contribution in [0.1, 0.15) is 40.5 Å². The lowest BCUT2D eigenvalue weighted by Gasteiger charge is -2.17. The van der Waals surface area contributed by atoms with E-state index < -0.39 is 11.0 Å². The van der Waals surface area contributed by atoms with Gasteiger partial charge in [-0.2, -0.15) is 4.40 Å². The predicted molar refractivity (Wildman–Crippen MR) is 71.5 cm³/mol. The van der Waals surface area contributed by atoms with Crippen molar-refractivity contribution in [1.29, 1.82) is 0 Å². The fourth-order valence-electron chi connectivity index (χ4n) is 1.05. The number of halogens is 1. The first-order valence-electron chi connectivity index (χ1n) is 5.43. The summed E-state index contributed by atoms with van der Waals surface area (Å²) in [7, 11) is 0.302. The molecule has 16 heavy (non-hydrogen) atoms. The van der Waals surface area contributed by atoms with Gasteiger partial charge >= 0.3 is 0 Å². The Morgan fingerprint density at radius 2 is 2.06 bits per heavy atom. The minimum atomic E-state index is -1.26. The third-order valence-corrected chi connectivity index (χ3v) is 3.76. The number of alkyl halides is 1. The summed E-state index contributed by atoms with van der Waals surface area (Å²) in [5.41, 5.74) is 0. The van der Waals surface area contributed by atoms with Crippen molar-refractivity contribution in [3.63, 3.8) is 0 Å². The van der Waals surface area contributed by atoms with Gasteiger partial charge in [-0.15, -0.1) is 11.6 Å². The quantitative estimate of drug-likeness (QED) is 0.436. The second kappa shape index (κ2) is 7.28. The minimum absolute atomic E-state index is 0.162. The van der Waals surface area contributed by atoms with Crippen molar-refractivity contribution < 1.29 is 8.95 Å². The zero-order chi connectivity index (χ0) is 12.8. The third-order valence-electron chi connectivity index (χ3n) is 2.10. The molecule has 0 rings (SSSR count). The van der Waals surface area contributed by atoms with Gasteiger partial charge in [0.25, 0.3) is 0 Å². The van der Waals surface area contributed by atoms with E-state index in [9.17, 15) is 4.21 Å². The first-order valence-corrected chi connectivity index (χ1v) is 7.07. The number of rotatable bonds is 5. The van der Waals surface area contributed by atoms with E-state index in [1.165, 1.54) is 0 Å². The summed E-state index contributed by atoms with van der Waals surface area (Å²) >= 11 is 5.63. The Morgan fingerprint density at radius 3 is 2.44 bits per heavy atom. The van der Waals surface area contributed by atoms with Crippen LogP contribution in [-0.4, -0.2) is 27.8 Å². The molecule has 96 valence electrons. The molecule has 0 unspecified atom stereocenters. The van der Waals surface area contributed by atoms with Crippen molar-refractivity contribution >= 4 is 28.5 Å². The summed E-state index contributed by atoms with van der Waals surface area (Å²) in [4.78, 5) is 0. The smallest absolute Gasteiger partial charge is 0.200 e. The summed E-state index contributed by atoms with van der Waals surface area (Å²) < 4.78 is 20.8. The van der Waals surface area contributed by atoms with Gasteiger partial charge in [-0.3, -0.25) is 0 Å². The van der Waals surface area contributed by atoms with Crippen molar-refractivity contribution in [3.05, 3.63) is 0 Å². The average molecular weight is 268 g/mol. The normalized spacial score (nSPS) is 17.0. The van der Waals surface area contributed by atoms with Crippen LogP contribution in [0.3, 0.4) is 0 Å². The zero-order valence-electron chi connectivity index (χ0n) is 10.7. The summed E-state index contributed by atoms with van der Waals surface area (Å²) in [5, 5.41) is 0. The van der Waals surface area contributed by atoms with Crippen LogP contribution in [0.5, 0.6) is 0 Å². The van der Waals surface area contributed by atoms with Crippen molar-refractivity contribution in [2.24, 2.45) is 10.3 Å². The summed E-state index contributed by atoms with van der Waals surface area (Å²) in [6, 6.07) is 0. The molecule has 5 heteroatoms. The average Bonchev–Trinajstić information content (AvgIpc) is 2.20. The number of methoxy groups -OCH3 is 1. The molecule has 0 aliphatic carbocycles. The first-order chi connectivity index (χ1) is 7.32. The Labute approximate surface area is 106 Å². The van der Waals surface area contributed by atoms with E-state index in [4.69, 9.17) is 16.3 Å². The summed E-state index contributed by atoms with van der Waals surface area (Å²) in [5.74, 6) is 1.34. The Balaban J connectivity index is 4.59. The molecule has 0 saturated carbocycles. The van der Waals surface area contributed by atoms with Gasteiger partial charge < -0.3 is 4.74 Å². The standard InChI is InChI=1S/C11H22ClNO2S/c1-9(7-6-8-12)10(15-5)13-16(14)11(2,3)4/h9H,6-8H2,1-5H3/b13-10-/t9-,16-/m1/s1. The highest BCUT2D eigenvalue weighted by Crippen LogP contribution is 2.16. The Hall–Kier alpha value is -0.0900. The van der Waals surface area contributed by atoms with E-state index in [2.05, 4.69) is 4.40 Å². The second-order valence-electron chi connectivity index (χ2n) is 4.73. The highest BCUT2D eigenvalue weighted by molar-refractivity contribution is 7.85. The summed E-state index contributed by atoms with van der Waals surface area (Å²) in [6.07, 6.45) is 1.81. The Morgan fingerprint density at radius 1 is 1.50 bits per heavy atom. The number of hydrogen-bond donors (Lipinski definition) is 0. The molecule has 2 atom stereocenters. The van der Waals surface area contributed by atoms with Crippen molar-refractivity contribution in [2.45, 2.75) is 45.3 Å². The molecule has 0 fully saturated rings. The van der Waals surface area contributed by atoms with Crippen molar-refractivity contribution in [2.75, 3.05) is 13.0 Å². The number of ether oxygens (including phenoxy) is 1. The fraction of sp³-hybridized carbons (Fsp3) is 0.909. The maximum absolute atomic E-state index is 11.8. The van der Waals surface area contributed by atoms with Gasteiger partial charge in [0, 0.05) is 11.8 Å². The summed E-state index contributed by atoms with van der Waals surface area (Å²) in [6.45, 7) is 7.69. The molecule has 0 amide bonds.